The molecule has 2 nitrogen and oxygen atoms in total. The van der Waals surface area contributed by atoms with Gasteiger partial charge in [-0.05, 0) is 6.07 Å². The van der Waals surface area contributed by atoms with Crippen molar-refractivity contribution >= 4 is 18.9 Å². The zero-order valence-electron chi connectivity index (χ0n) is 4.20. The molecule has 0 bridgehead atoms. The van der Waals surface area contributed by atoms with E-state index in [-0.39, 0.29) is 18.9 Å². The van der Waals surface area contributed by atoms with E-state index in [9.17, 15) is 0 Å². The second kappa shape index (κ2) is 3.85. The normalized spacial score (nSPS) is 6.86. The Morgan fingerprint density at radius 2 is 1.57 bits per heavy atom. The molecule has 1 radical (unpaired) electrons. The van der Waals surface area contributed by atoms with Crippen molar-refractivity contribution in [2.24, 2.45) is 0 Å². The molecule has 1 heterocycles. The molecule has 1 rings (SSSR count). The molecule has 1 aromatic heterocycles. The van der Waals surface area contributed by atoms with E-state index in [1.54, 1.807) is 18.5 Å². The molecular formula is C4H4LiN2. The molecule has 0 saturated carbocycles. The van der Waals surface area contributed by atoms with Gasteiger partial charge in [0, 0.05) is 31.3 Å². The molecule has 7 heavy (non-hydrogen) atoms. The third-order valence-electron chi connectivity index (χ3n) is 0.478. The Hall–Kier alpha value is -0.323. The molecule has 0 saturated heterocycles. The van der Waals surface area contributed by atoms with Crippen LogP contribution in [-0.4, -0.2) is 28.8 Å². The van der Waals surface area contributed by atoms with E-state index in [4.69, 9.17) is 0 Å². The van der Waals surface area contributed by atoms with E-state index in [1.165, 1.54) is 6.33 Å². The first-order valence-corrected chi connectivity index (χ1v) is 1.70. The second-order valence-corrected chi connectivity index (χ2v) is 0.904. The second-order valence-electron chi connectivity index (χ2n) is 0.904. The first kappa shape index (κ1) is 6.68. The quantitative estimate of drug-likeness (QED) is 0.419. The van der Waals surface area contributed by atoms with Gasteiger partial charge in [0.25, 0.3) is 0 Å². The molecule has 0 amide bonds. The molecule has 0 atom stereocenters. The molecule has 0 fully saturated rings. The van der Waals surface area contributed by atoms with Crippen LogP contribution in [0, 0.1) is 0 Å². The van der Waals surface area contributed by atoms with Crippen LogP contribution in [-0.2, 0) is 0 Å². The van der Waals surface area contributed by atoms with Crippen LogP contribution in [0.5, 0.6) is 0 Å². The summed E-state index contributed by atoms with van der Waals surface area (Å²) in [6, 6.07) is 1.78. The van der Waals surface area contributed by atoms with Crippen LogP contribution >= 0.6 is 0 Å². The van der Waals surface area contributed by atoms with Crippen LogP contribution in [0.25, 0.3) is 0 Å². The summed E-state index contributed by atoms with van der Waals surface area (Å²) in [5.74, 6) is 0. The van der Waals surface area contributed by atoms with Crippen molar-refractivity contribution in [1.82, 2.24) is 9.97 Å². The summed E-state index contributed by atoms with van der Waals surface area (Å²) < 4.78 is 0. The molecule has 0 aliphatic heterocycles. The fourth-order valence-corrected chi connectivity index (χ4v) is 0.253. The summed E-state index contributed by atoms with van der Waals surface area (Å²) in [5.41, 5.74) is 0. The first-order chi connectivity index (χ1) is 3.00. The monoisotopic (exact) mass is 87.1 g/mol. The fourth-order valence-electron chi connectivity index (χ4n) is 0.253. The van der Waals surface area contributed by atoms with Gasteiger partial charge < -0.3 is 0 Å². The molecule has 0 unspecified atom stereocenters. The van der Waals surface area contributed by atoms with E-state index in [0.29, 0.717) is 0 Å². The molecule has 3 heteroatoms. The van der Waals surface area contributed by atoms with Crippen LogP contribution in [0.4, 0.5) is 0 Å². The van der Waals surface area contributed by atoms with Gasteiger partial charge in [-0.3, -0.25) is 0 Å². The standard InChI is InChI=1S/C4H4N2.Li/c1-2-5-4-6-3-1;/h1-4H;. The van der Waals surface area contributed by atoms with E-state index in [0.717, 1.165) is 0 Å². The van der Waals surface area contributed by atoms with Crippen molar-refractivity contribution < 1.29 is 0 Å². The summed E-state index contributed by atoms with van der Waals surface area (Å²) in [6.45, 7) is 0. The van der Waals surface area contributed by atoms with Crippen molar-refractivity contribution in [3.63, 3.8) is 0 Å². The minimum atomic E-state index is 0. The third kappa shape index (κ3) is 2.38. The van der Waals surface area contributed by atoms with Gasteiger partial charge in [0.2, 0.25) is 0 Å². The number of rotatable bonds is 0. The number of nitrogens with zero attached hydrogens (tertiary/aromatic N) is 2. The zero-order valence-corrected chi connectivity index (χ0v) is 4.20. The van der Waals surface area contributed by atoms with E-state index < -0.39 is 0 Å². The Labute approximate surface area is 54.2 Å². The molecular weight excluding hydrogens is 83.0 g/mol. The summed E-state index contributed by atoms with van der Waals surface area (Å²) in [5, 5.41) is 0. The van der Waals surface area contributed by atoms with Gasteiger partial charge in [-0.2, -0.15) is 0 Å². The smallest absolute Gasteiger partial charge is 0.115 e. The van der Waals surface area contributed by atoms with E-state index >= 15 is 0 Å². The van der Waals surface area contributed by atoms with Crippen molar-refractivity contribution in [2.75, 3.05) is 0 Å². The topological polar surface area (TPSA) is 25.8 Å². The molecule has 1 aromatic rings. The van der Waals surface area contributed by atoms with E-state index in [2.05, 4.69) is 9.97 Å². The van der Waals surface area contributed by atoms with Gasteiger partial charge in [0.15, 0.2) is 0 Å². The van der Waals surface area contributed by atoms with Crippen LogP contribution in [0.15, 0.2) is 24.8 Å². The Bertz CT molecular complexity index is 81.6. The predicted octanol–water partition coefficient (Wildman–Crippen LogP) is 0.0958. The largest absolute Gasteiger partial charge is 0.245 e. The summed E-state index contributed by atoms with van der Waals surface area (Å²) in [6.07, 6.45) is 4.88. The van der Waals surface area contributed by atoms with Crippen LogP contribution < -0.4 is 0 Å². The Balaban J connectivity index is 0.000000360. The number of hydrogen-bond donors (Lipinski definition) is 0. The van der Waals surface area contributed by atoms with Gasteiger partial charge in [0.05, 0.1) is 0 Å². The maximum Gasteiger partial charge on any atom is 0.115 e. The van der Waals surface area contributed by atoms with E-state index in [1.807, 2.05) is 0 Å². The summed E-state index contributed by atoms with van der Waals surface area (Å²) >= 11 is 0. The molecule has 0 aliphatic rings. The molecule has 0 aromatic carbocycles. The maximum absolute atomic E-state index is 3.67. The molecule has 0 aliphatic carbocycles. The Morgan fingerprint density at radius 3 is 1.71 bits per heavy atom. The van der Waals surface area contributed by atoms with Crippen LogP contribution in [0.3, 0.4) is 0 Å². The molecule has 0 N–H and O–H groups in total. The van der Waals surface area contributed by atoms with Crippen LogP contribution in [0.2, 0.25) is 0 Å². The van der Waals surface area contributed by atoms with Crippen molar-refractivity contribution in [1.29, 1.82) is 0 Å². The maximum atomic E-state index is 3.67. The molecule has 31 valence electrons. The average Bonchev–Trinajstić information content (AvgIpc) is 1.72. The minimum absolute atomic E-state index is 0. The third-order valence-corrected chi connectivity index (χ3v) is 0.478. The van der Waals surface area contributed by atoms with Crippen molar-refractivity contribution in [3.05, 3.63) is 24.8 Å². The predicted molar refractivity (Wildman–Crippen MR) is 27.8 cm³/mol. The Kier molecular flexibility index (Phi) is 3.68. The van der Waals surface area contributed by atoms with Gasteiger partial charge in [-0.15, -0.1) is 0 Å². The summed E-state index contributed by atoms with van der Waals surface area (Å²) in [7, 11) is 0. The van der Waals surface area contributed by atoms with Crippen molar-refractivity contribution in [2.45, 2.75) is 0 Å². The first-order valence-electron chi connectivity index (χ1n) is 1.70. The van der Waals surface area contributed by atoms with Gasteiger partial charge >= 0.3 is 0 Å². The number of hydrogen-bond acceptors (Lipinski definition) is 2. The SMILES string of the molecule is [Li].c1cncnc1. The van der Waals surface area contributed by atoms with Gasteiger partial charge in [-0.1, -0.05) is 0 Å². The number of aromatic nitrogens is 2. The fraction of sp³-hybridized carbons (Fsp3) is 0. The Morgan fingerprint density at radius 1 is 1.00 bits per heavy atom. The van der Waals surface area contributed by atoms with Crippen LogP contribution in [0.1, 0.15) is 0 Å². The molecule has 0 spiro atoms. The summed E-state index contributed by atoms with van der Waals surface area (Å²) in [4.78, 5) is 7.35. The van der Waals surface area contributed by atoms with Gasteiger partial charge in [0.1, 0.15) is 6.33 Å². The zero-order chi connectivity index (χ0) is 4.24. The minimum Gasteiger partial charge on any atom is -0.245 e. The average molecular weight is 87.0 g/mol. The van der Waals surface area contributed by atoms with Gasteiger partial charge in [-0.25, -0.2) is 9.97 Å². The van der Waals surface area contributed by atoms with Crippen molar-refractivity contribution in [3.8, 4) is 0 Å².